The molecule has 0 radical (unpaired) electrons. The minimum absolute atomic E-state index is 0.568. The largest absolute Gasteiger partial charge is 0.383 e. The van der Waals surface area contributed by atoms with E-state index in [1.807, 2.05) is 13.1 Å². The molecule has 1 aliphatic rings. The molecule has 0 aromatic carbocycles. The Hall–Kier alpha value is -1.18. The van der Waals surface area contributed by atoms with Crippen LogP contribution in [0.1, 0.15) is 24.5 Å². The van der Waals surface area contributed by atoms with Crippen LogP contribution in [0.15, 0.2) is 12.3 Å². The average molecular weight is 341 g/mol. The van der Waals surface area contributed by atoms with E-state index < -0.39 is 0 Å². The van der Waals surface area contributed by atoms with Crippen molar-refractivity contribution in [1.29, 1.82) is 0 Å². The van der Waals surface area contributed by atoms with Gasteiger partial charge in [0.25, 0.3) is 0 Å². The summed E-state index contributed by atoms with van der Waals surface area (Å²) in [7, 11) is 1.88. The SMILES string of the molecule is Cn1nccc1-c1nc(N)c(I)c(C2CC2)n1. The van der Waals surface area contributed by atoms with Gasteiger partial charge in [0.1, 0.15) is 11.5 Å². The summed E-state index contributed by atoms with van der Waals surface area (Å²) in [4.78, 5) is 8.98. The van der Waals surface area contributed by atoms with Crippen molar-refractivity contribution in [2.45, 2.75) is 18.8 Å². The molecule has 6 heteroatoms. The summed E-state index contributed by atoms with van der Waals surface area (Å²) in [6, 6.07) is 1.90. The first kappa shape index (κ1) is 10.9. The summed E-state index contributed by atoms with van der Waals surface area (Å²) in [6.45, 7) is 0. The van der Waals surface area contributed by atoms with Crippen molar-refractivity contribution >= 4 is 28.4 Å². The molecule has 2 aromatic heterocycles. The Balaban J connectivity index is 2.15. The molecule has 1 aliphatic carbocycles. The van der Waals surface area contributed by atoms with E-state index in [1.54, 1.807) is 10.9 Å². The van der Waals surface area contributed by atoms with Gasteiger partial charge in [-0.25, -0.2) is 9.97 Å². The van der Waals surface area contributed by atoms with E-state index in [9.17, 15) is 0 Å². The second kappa shape index (κ2) is 3.94. The van der Waals surface area contributed by atoms with Crippen LogP contribution in [0.5, 0.6) is 0 Å². The maximum absolute atomic E-state index is 5.95. The minimum Gasteiger partial charge on any atom is -0.383 e. The average Bonchev–Trinajstić information content (AvgIpc) is 3.05. The number of aryl methyl sites for hydroxylation is 1. The molecule has 0 atom stereocenters. The minimum atomic E-state index is 0.568. The third-order valence-corrected chi connectivity index (χ3v) is 4.02. The molecule has 3 rings (SSSR count). The lowest BCUT2D eigenvalue weighted by molar-refractivity contribution is 0.768. The molecule has 0 spiro atoms. The predicted molar refractivity (Wildman–Crippen MR) is 73.3 cm³/mol. The zero-order valence-corrected chi connectivity index (χ0v) is 11.5. The highest BCUT2D eigenvalue weighted by molar-refractivity contribution is 14.1. The van der Waals surface area contributed by atoms with Crippen LogP contribution in [0.2, 0.25) is 0 Å². The summed E-state index contributed by atoms with van der Waals surface area (Å²) in [5.41, 5.74) is 7.95. The van der Waals surface area contributed by atoms with Crippen molar-refractivity contribution in [2.75, 3.05) is 5.73 Å². The van der Waals surface area contributed by atoms with Gasteiger partial charge < -0.3 is 5.73 Å². The molecule has 0 saturated heterocycles. The molecule has 0 bridgehead atoms. The number of aromatic nitrogens is 4. The van der Waals surface area contributed by atoms with Crippen LogP contribution in [0, 0.1) is 3.57 Å². The molecular formula is C11H12IN5. The first-order valence-electron chi connectivity index (χ1n) is 5.48. The second-order valence-corrected chi connectivity index (χ2v) is 5.32. The first-order valence-corrected chi connectivity index (χ1v) is 6.56. The summed E-state index contributed by atoms with van der Waals surface area (Å²) in [6.07, 6.45) is 4.15. The monoisotopic (exact) mass is 341 g/mol. The Bertz CT molecular complexity index is 573. The summed E-state index contributed by atoms with van der Waals surface area (Å²) in [5, 5.41) is 4.13. The van der Waals surface area contributed by atoms with Crippen LogP contribution >= 0.6 is 22.6 Å². The van der Waals surface area contributed by atoms with E-state index in [1.165, 1.54) is 12.8 Å². The quantitative estimate of drug-likeness (QED) is 0.848. The number of halogens is 1. The molecule has 2 N–H and O–H groups in total. The number of nitrogens with zero attached hydrogens (tertiary/aromatic N) is 4. The lowest BCUT2D eigenvalue weighted by Gasteiger charge is -2.08. The topological polar surface area (TPSA) is 69.6 Å². The number of nitrogens with two attached hydrogens (primary N) is 1. The van der Waals surface area contributed by atoms with Gasteiger partial charge in [-0.2, -0.15) is 5.10 Å². The normalized spacial score (nSPS) is 15.2. The van der Waals surface area contributed by atoms with E-state index in [0.717, 1.165) is 15.0 Å². The molecule has 1 fully saturated rings. The molecule has 0 amide bonds. The molecule has 2 heterocycles. The summed E-state index contributed by atoms with van der Waals surface area (Å²) in [5.74, 6) is 1.81. The van der Waals surface area contributed by atoms with Crippen LogP contribution in [0.25, 0.3) is 11.5 Å². The Morgan fingerprint density at radius 1 is 1.41 bits per heavy atom. The van der Waals surface area contributed by atoms with E-state index >= 15 is 0 Å². The van der Waals surface area contributed by atoms with Gasteiger partial charge in [0.15, 0.2) is 5.82 Å². The number of nitrogen functional groups attached to an aromatic ring is 1. The van der Waals surface area contributed by atoms with E-state index in [-0.39, 0.29) is 0 Å². The number of hydrogen-bond donors (Lipinski definition) is 1. The highest BCUT2D eigenvalue weighted by Crippen LogP contribution is 2.42. The molecule has 88 valence electrons. The van der Waals surface area contributed by atoms with Crippen molar-refractivity contribution in [1.82, 2.24) is 19.7 Å². The zero-order valence-electron chi connectivity index (χ0n) is 9.39. The van der Waals surface area contributed by atoms with Crippen LogP contribution in [0.3, 0.4) is 0 Å². The Morgan fingerprint density at radius 2 is 2.18 bits per heavy atom. The van der Waals surface area contributed by atoms with Gasteiger partial charge in [0.05, 0.1) is 9.26 Å². The van der Waals surface area contributed by atoms with Gasteiger partial charge in [-0.1, -0.05) is 0 Å². The molecule has 0 unspecified atom stereocenters. The lowest BCUT2D eigenvalue weighted by Crippen LogP contribution is -2.06. The van der Waals surface area contributed by atoms with Crippen LogP contribution in [0.4, 0.5) is 5.82 Å². The van der Waals surface area contributed by atoms with Gasteiger partial charge in [0, 0.05) is 19.2 Å². The third-order valence-electron chi connectivity index (χ3n) is 2.92. The fourth-order valence-corrected chi connectivity index (χ4v) is 2.50. The van der Waals surface area contributed by atoms with E-state index in [0.29, 0.717) is 17.6 Å². The van der Waals surface area contributed by atoms with Gasteiger partial charge in [-0.05, 0) is 41.5 Å². The van der Waals surface area contributed by atoms with Gasteiger partial charge in [0.2, 0.25) is 0 Å². The maximum atomic E-state index is 5.95. The molecular weight excluding hydrogens is 329 g/mol. The molecule has 5 nitrogen and oxygen atoms in total. The fourth-order valence-electron chi connectivity index (χ4n) is 1.82. The zero-order chi connectivity index (χ0) is 12.0. The Labute approximate surface area is 113 Å². The Morgan fingerprint density at radius 3 is 2.76 bits per heavy atom. The van der Waals surface area contributed by atoms with Gasteiger partial charge in [-0.15, -0.1) is 0 Å². The Kier molecular flexibility index (Phi) is 2.53. The number of rotatable bonds is 2. The highest BCUT2D eigenvalue weighted by atomic mass is 127. The standard InChI is InChI=1S/C11H12IN5/c1-17-7(4-5-14-17)11-15-9(6-2-3-6)8(12)10(13)16-11/h4-6H,2-3H2,1H3,(H2,13,15,16). The van der Waals surface area contributed by atoms with Crippen molar-refractivity contribution in [2.24, 2.45) is 7.05 Å². The van der Waals surface area contributed by atoms with Crippen molar-refractivity contribution in [3.05, 3.63) is 21.5 Å². The fraction of sp³-hybridized carbons (Fsp3) is 0.364. The molecule has 0 aliphatic heterocycles. The lowest BCUT2D eigenvalue weighted by atomic mass is 10.2. The van der Waals surface area contributed by atoms with Gasteiger partial charge >= 0.3 is 0 Å². The predicted octanol–water partition coefficient (Wildman–Crippen LogP) is 1.94. The molecule has 17 heavy (non-hydrogen) atoms. The first-order chi connectivity index (χ1) is 8.16. The van der Waals surface area contributed by atoms with Crippen LogP contribution < -0.4 is 5.73 Å². The number of hydrogen-bond acceptors (Lipinski definition) is 4. The van der Waals surface area contributed by atoms with Crippen LogP contribution in [-0.2, 0) is 7.05 Å². The summed E-state index contributed by atoms with van der Waals surface area (Å²) < 4.78 is 2.76. The van der Waals surface area contributed by atoms with E-state index in [2.05, 4.69) is 37.7 Å². The van der Waals surface area contributed by atoms with Crippen molar-refractivity contribution in [3.63, 3.8) is 0 Å². The summed E-state index contributed by atoms with van der Waals surface area (Å²) >= 11 is 2.23. The molecule has 2 aromatic rings. The highest BCUT2D eigenvalue weighted by Gasteiger charge is 2.29. The van der Waals surface area contributed by atoms with Crippen LogP contribution in [-0.4, -0.2) is 19.7 Å². The second-order valence-electron chi connectivity index (χ2n) is 4.25. The van der Waals surface area contributed by atoms with Crippen molar-refractivity contribution in [3.8, 4) is 11.5 Å². The number of anilines is 1. The molecule has 1 saturated carbocycles. The smallest absolute Gasteiger partial charge is 0.180 e. The van der Waals surface area contributed by atoms with Gasteiger partial charge in [-0.3, -0.25) is 4.68 Å². The van der Waals surface area contributed by atoms with Crippen molar-refractivity contribution < 1.29 is 0 Å². The van der Waals surface area contributed by atoms with E-state index in [4.69, 9.17) is 5.73 Å². The maximum Gasteiger partial charge on any atom is 0.180 e. The third kappa shape index (κ3) is 1.90.